The number of carbonyl (C=O) groups is 1. The molecular formula is C17H17ClN2O3S. The van der Waals surface area contributed by atoms with Crippen LogP contribution in [0.4, 0.5) is 11.4 Å². The second kappa shape index (κ2) is 6.83. The lowest BCUT2D eigenvalue weighted by molar-refractivity contribution is 0.102. The Bertz CT molecular complexity index is 868. The van der Waals surface area contributed by atoms with Gasteiger partial charge in [-0.15, -0.1) is 0 Å². The van der Waals surface area contributed by atoms with Crippen LogP contribution in [0.3, 0.4) is 0 Å². The first-order valence-corrected chi connectivity index (χ1v) is 9.62. The molecule has 1 heterocycles. The topological polar surface area (TPSA) is 66.5 Å². The number of rotatable bonds is 3. The van der Waals surface area contributed by atoms with E-state index in [1.165, 1.54) is 4.31 Å². The lowest BCUT2D eigenvalue weighted by Crippen LogP contribution is -2.37. The van der Waals surface area contributed by atoms with Crippen molar-refractivity contribution in [2.75, 3.05) is 21.9 Å². The Labute approximate surface area is 146 Å². The SMILES string of the molecule is O=C(Nc1cccc(N2CCCCS2(=O)=O)c1)c1cccc(Cl)c1. The molecule has 0 radical (unpaired) electrons. The zero-order valence-electron chi connectivity index (χ0n) is 12.9. The van der Waals surface area contributed by atoms with Gasteiger partial charge in [-0.2, -0.15) is 0 Å². The van der Waals surface area contributed by atoms with E-state index in [-0.39, 0.29) is 11.7 Å². The van der Waals surface area contributed by atoms with Gasteiger partial charge in [-0.3, -0.25) is 9.10 Å². The van der Waals surface area contributed by atoms with E-state index in [1.54, 1.807) is 48.5 Å². The quantitative estimate of drug-likeness (QED) is 0.906. The van der Waals surface area contributed by atoms with Gasteiger partial charge in [-0.25, -0.2) is 8.42 Å². The van der Waals surface area contributed by atoms with Crippen LogP contribution in [-0.2, 0) is 10.0 Å². The van der Waals surface area contributed by atoms with Gasteiger partial charge in [0, 0.05) is 22.8 Å². The molecule has 3 rings (SSSR count). The van der Waals surface area contributed by atoms with Gasteiger partial charge in [0.25, 0.3) is 5.91 Å². The summed E-state index contributed by atoms with van der Waals surface area (Å²) in [4.78, 5) is 12.3. The third-order valence-electron chi connectivity index (χ3n) is 3.83. The minimum atomic E-state index is -3.28. The maximum atomic E-state index is 12.3. The summed E-state index contributed by atoms with van der Waals surface area (Å²) in [6.45, 7) is 0.466. The molecule has 1 saturated heterocycles. The molecule has 0 unspecified atom stereocenters. The Morgan fingerprint density at radius 3 is 2.62 bits per heavy atom. The maximum Gasteiger partial charge on any atom is 0.255 e. The molecule has 2 aromatic rings. The van der Waals surface area contributed by atoms with Gasteiger partial charge in [-0.05, 0) is 49.2 Å². The van der Waals surface area contributed by atoms with E-state index in [1.807, 2.05) is 0 Å². The lowest BCUT2D eigenvalue weighted by atomic mass is 10.2. The molecule has 1 N–H and O–H groups in total. The summed E-state index contributed by atoms with van der Waals surface area (Å²) in [6.07, 6.45) is 1.52. The maximum absolute atomic E-state index is 12.3. The predicted molar refractivity (Wildman–Crippen MR) is 96.2 cm³/mol. The van der Waals surface area contributed by atoms with Crippen molar-refractivity contribution in [1.29, 1.82) is 0 Å². The van der Waals surface area contributed by atoms with Gasteiger partial charge in [0.15, 0.2) is 0 Å². The Morgan fingerprint density at radius 2 is 1.88 bits per heavy atom. The van der Waals surface area contributed by atoms with Gasteiger partial charge >= 0.3 is 0 Å². The summed E-state index contributed by atoms with van der Waals surface area (Å²) in [6, 6.07) is 13.5. The summed E-state index contributed by atoms with van der Waals surface area (Å²) >= 11 is 5.90. The van der Waals surface area contributed by atoms with Crippen molar-refractivity contribution in [2.45, 2.75) is 12.8 Å². The number of amides is 1. The molecule has 2 aromatic carbocycles. The van der Waals surface area contributed by atoms with E-state index in [2.05, 4.69) is 5.32 Å². The average Bonchev–Trinajstić information content (AvgIpc) is 2.54. The highest BCUT2D eigenvalue weighted by Crippen LogP contribution is 2.26. The zero-order valence-corrected chi connectivity index (χ0v) is 14.5. The second-order valence-electron chi connectivity index (χ2n) is 5.61. The lowest BCUT2D eigenvalue weighted by Gasteiger charge is -2.28. The number of hydrogen-bond donors (Lipinski definition) is 1. The summed E-state index contributed by atoms with van der Waals surface area (Å²) < 4.78 is 25.8. The standard InChI is InChI=1S/C17H17ClN2O3S/c18-14-6-3-5-13(11-14)17(21)19-15-7-4-8-16(12-15)20-9-1-2-10-24(20,22)23/h3-8,11-12H,1-2,9-10H2,(H,19,21). The normalized spacial score (nSPS) is 16.6. The van der Waals surface area contributed by atoms with E-state index in [9.17, 15) is 13.2 Å². The fourth-order valence-electron chi connectivity index (χ4n) is 2.65. The molecular weight excluding hydrogens is 348 g/mol. The predicted octanol–water partition coefficient (Wildman–Crippen LogP) is 3.52. The van der Waals surface area contributed by atoms with Crippen LogP contribution in [0.5, 0.6) is 0 Å². The van der Waals surface area contributed by atoms with E-state index in [0.29, 0.717) is 34.9 Å². The Hall–Kier alpha value is -2.05. The summed E-state index contributed by atoms with van der Waals surface area (Å²) in [5.74, 6) is -0.136. The molecule has 1 aliphatic heterocycles. The number of hydrogen-bond acceptors (Lipinski definition) is 3. The van der Waals surface area contributed by atoms with Gasteiger partial charge in [0.05, 0.1) is 11.4 Å². The average molecular weight is 365 g/mol. The molecule has 24 heavy (non-hydrogen) atoms. The Kier molecular flexibility index (Phi) is 4.78. The van der Waals surface area contributed by atoms with Crippen molar-refractivity contribution in [3.63, 3.8) is 0 Å². The highest BCUT2D eigenvalue weighted by molar-refractivity contribution is 7.92. The molecule has 0 atom stereocenters. The molecule has 0 aliphatic carbocycles. The number of carbonyl (C=O) groups excluding carboxylic acids is 1. The van der Waals surface area contributed by atoms with Crippen LogP contribution >= 0.6 is 11.6 Å². The van der Waals surface area contributed by atoms with Gasteiger partial charge < -0.3 is 5.32 Å². The Balaban J connectivity index is 1.82. The highest BCUT2D eigenvalue weighted by atomic mass is 35.5. The second-order valence-corrected chi connectivity index (χ2v) is 8.06. The number of sulfonamides is 1. The minimum Gasteiger partial charge on any atom is -0.322 e. The number of anilines is 2. The molecule has 0 bridgehead atoms. The zero-order chi connectivity index (χ0) is 17.2. The summed E-state index contributed by atoms with van der Waals surface area (Å²) in [5, 5.41) is 3.26. The monoisotopic (exact) mass is 364 g/mol. The van der Waals surface area contributed by atoms with Crippen LogP contribution in [0.25, 0.3) is 0 Å². The van der Waals surface area contributed by atoms with Crippen LogP contribution in [0.1, 0.15) is 23.2 Å². The van der Waals surface area contributed by atoms with E-state index < -0.39 is 10.0 Å². The van der Waals surface area contributed by atoms with Crippen molar-refractivity contribution >= 4 is 38.9 Å². The largest absolute Gasteiger partial charge is 0.322 e. The minimum absolute atomic E-state index is 0.159. The Morgan fingerprint density at radius 1 is 1.08 bits per heavy atom. The van der Waals surface area contributed by atoms with Crippen LogP contribution in [-0.4, -0.2) is 26.6 Å². The molecule has 0 aromatic heterocycles. The fraction of sp³-hybridized carbons (Fsp3) is 0.235. The third kappa shape index (κ3) is 3.71. The van der Waals surface area contributed by atoms with Gasteiger partial charge in [-0.1, -0.05) is 23.7 Å². The molecule has 0 saturated carbocycles. The molecule has 1 amide bonds. The first kappa shape index (κ1) is 16.8. The van der Waals surface area contributed by atoms with E-state index >= 15 is 0 Å². The number of nitrogens with one attached hydrogen (secondary N) is 1. The van der Waals surface area contributed by atoms with Crippen LogP contribution in [0, 0.1) is 0 Å². The molecule has 1 aliphatic rings. The summed E-state index contributed by atoms with van der Waals surface area (Å²) in [5.41, 5.74) is 1.55. The van der Waals surface area contributed by atoms with Crippen molar-refractivity contribution in [3.05, 3.63) is 59.1 Å². The highest BCUT2D eigenvalue weighted by Gasteiger charge is 2.26. The van der Waals surface area contributed by atoms with Crippen LogP contribution < -0.4 is 9.62 Å². The number of halogens is 1. The van der Waals surface area contributed by atoms with Crippen molar-refractivity contribution in [1.82, 2.24) is 0 Å². The molecule has 5 nitrogen and oxygen atoms in total. The summed E-state index contributed by atoms with van der Waals surface area (Å²) in [7, 11) is -3.28. The number of benzene rings is 2. The van der Waals surface area contributed by atoms with Crippen molar-refractivity contribution < 1.29 is 13.2 Å². The molecule has 126 valence electrons. The molecule has 7 heteroatoms. The smallest absolute Gasteiger partial charge is 0.255 e. The fourth-order valence-corrected chi connectivity index (χ4v) is 4.47. The van der Waals surface area contributed by atoms with Gasteiger partial charge in [0.1, 0.15) is 0 Å². The van der Waals surface area contributed by atoms with Crippen molar-refractivity contribution in [2.24, 2.45) is 0 Å². The van der Waals surface area contributed by atoms with Crippen LogP contribution in [0.15, 0.2) is 48.5 Å². The third-order valence-corrected chi connectivity index (χ3v) is 5.93. The van der Waals surface area contributed by atoms with Crippen molar-refractivity contribution in [3.8, 4) is 0 Å². The van der Waals surface area contributed by atoms with Crippen LogP contribution in [0.2, 0.25) is 5.02 Å². The van der Waals surface area contributed by atoms with Gasteiger partial charge in [0.2, 0.25) is 10.0 Å². The molecule has 0 spiro atoms. The number of nitrogens with zero attached hydrogens (tertiary/aromatic N) is 1. The first-order valence-electron chi connectivity index (χ1n) is 7.63. The first-order chi connectivity index (χ1) is 11.5. The van der Waals surface area contributed by atoms with E-state index in [0.717, 1.165) is 6.42 Å². The molecule has 1 fully saturated rings. The van der Waals surface area contributed by atoms with E-state index in [4.69, 9.17) is 11.6 Å².